The summed E-state index contributed by atoms with van der Waals surface area (Å²) < 4.78 is 9.65. The molecule has 1 N–H and O–H groups in total. The number of nitrogens with zero attached hydrogens (tertiary/aromatic N) is 3. The van der Waals surface area contributed by atoms with Crippen LogP contribution in [0.1, 0.15) is 35.6 Å². The zero-order valence-corrected chi connectivity index (χ0v) is 17.1. The molecule has 0 bridgehead atoms. The Bertz CT molecular complexity index is 1270. The maximum Gasteiger partial charge on any atom is 0.274 e. The van der Waals surface area contributed by atoms with Gasteiger partial charge in [-0.3, -0.25) is 9.20 Å². The average molecular weight is 400 g/mol. The second kappa shape index (κ2) is 7.37. The van der Waals surface area contributed by atoms with Gasteiger partial charge in [-0.1, -0.05) is 30.3 Å². The first-order valence-corrected chi connectivity index (χ1v) is 10.2. The highest BCUT2D eigenvalue weighted by Gasteiger charge is 2.25. The van der Waals surface area contributed by atoms with Crippen molar-refractivity contribution in [1.82, 2.24) is 14.0 Å². The number of ether oxygens (including phenoxy) is 1. The van der Waals surface area contributed by atoms with Crippen molar-refractivity contribution >= 4 is 17.2 Å². The third kappa shape index (κ3) is 3.56. The fourth-order valence-electron chi connectivity index (χ4n) is 3.72. The summed E-state index contributed by atoms with van der Waals surface area (Å²) in [6.45, 7) is 2.52. The Morgan fingerprint density at radius 3 is 2.70 bits per heavy atom. The van der Waals surface area contributed by atoms with Crippen LogP contribution in [-0.4, -0.2) is 14.0 Å². The van der Waals surface area contributed by atoms with Crippen LogP contribution < -0.4 is 15.6 Å². The number of aromatic nitrogens is 3. The van der Waals surface area contributed by atoms with Crippen molar-refractivity contribution in [3.05, 3.63) is 88.1 Å². The largest absolute Gasteiger partial charge is 0.487 e. The van der Waals surface area contributed by atoms with Gasteiger partial charge in [0.2, 0.25) is 0 Å². The van der Waals surface area contributed by atoms with Crippen molar-refractivity contribution in [3.63, 3.8) is 0 Å². The summed E-state index contributed by atoms with van der Waals surface area (Å²) in [5.41, 5.74) is 4.59. The standard InChI is InChI=1S/C24H24N4O2/c1-16-21(30-15-17-6-4-3-5-7-17)10-11-23-26-22(14-28(16)23)25-20-12-19(18-8-9-18)13-27(2)24(20)29/h3-7,10-14,18,25H,8-9,15H2,1-2H3. The molecule has 0 amide bonds. The van der Waals surface area contributed by atoms with E-state index in [0.29, 0.717) is 24.0 Å². The van der Waals surface area contributed by atoms with Crippen molar-refractivity contribution in [1.29, 1.82) is 0 Å². The number of nitrogens with one attached hydrogen (secondary N) is 1. The van der Waals surface area contributed by atoms with Crippen molar-refractivity contribution in [2.45, 2.75) is 32.3 Å². The highest BCUT2D eigenvalue weighted by atomic mass is 16.5. The Labute approximate surface area is 174 Å². The van der Waals surface area contributed by atoms with Gasteiger partial charge in [-0.15, -0.1) is 0 Å². The number of fused-ring (bicyclic) bond motifs is 1. The molecule has 1 saturated carbocycles. The Morgan fingerprint density at radius 2 is 1.93 bits per heavy atom. The maximum atomic E-state index is 12.6. The van der Waals surface area contributed by atoms with Gasteiger partial charge in [0.05, 0.1) is 11.9 Å². The Morgan fingerprint density at radius 1 is 1.13 bits per heavy atom. The fraction of sp³-hybridized carbons (Fsp3) is 0.250. The third-order valence-electron chi connectivity index (χ3n) is 5.59. The normalized spacial score (nSPS) is 13.5. The molecular weight excluding hydrogens is 376 g/mol. The van der Waals surface area contributed by atoms with Gasteiger partial charge in [0.1, 0.15) is 29.5 Å². The smallest absolute Gasteiger partial charge is 0.274 e. The van der Waals surface area contributed by atoms with Crippen LogP contribution in [0.4, 0.5) is 11.5 Å². The lowest BCUT2D eigenvalue weighted by Crippen LogP contribution is -2.20. The second-order valence-electron chi connectivity index (χ2n) is 7.91. The zero-order chi connectivity index (χ0) is 20.7. The van der Waals surface area contributed by atoms with Gasteiger partial charge < -0.3 is 14.6 Å². The van der Waals surface area contributed by atoms with E-state index in [4.69, 9.17) is 4.74 Å². The fourth-order valence-corrected chi connectivity index (χ4v) is 3.72. The summed E-state index contributed by atoms with van der Waals surface area (Å²) in [6.07, 6.45) is 6.23. The van der Waals surface area contributed by atoms with Gasteiger partial charge in [-0.05, 0) is 55.0 Å². The average Bonchev–Trinajstić information content (AvgIpc) is 3.52. The first kappa shape index (κ1) is 18.5. The van der Waals surface area contributed by atoms with Gasteiger partial charge >= 0.3 is 0 Å². The number of imidazole rings is 1. The number of hydrogen-bond acceptors (Lipinski definition) is 4. The first-order chi connectivity index (χ1) is 14.6. The van der Waals surface area contributed by atoms with Gasteiger partial charge in [0.25, 0.3) is 5.56 Å². The van der Waals surface area contributed by atoms with Crippen LogP contribution in [0.3, 0.4) is 0 Å². The van der Waals surface area contributed by atoms with Gasteiger partial charge in [0.15, 0.2) is 0 Å². The van der Waals surface area contributed by atoms with E-state index in [1.165, 1.54) is 18.4 Å². The number of pyridine rings is 2. The van der Waals surface area contributed by atoms with E-state index in [1.54, 1.807) is 11.6 Å². The Kier molecular flexibility index (Phi) is 4.54. The lowest BCUT2D eigenvalue weighted by molar-refractivity contribution is 0.302. The van der Waals surface area contributed by atoms with E-state index in [0.717, 1.165) is 22.7 Å². The summed E-state index contributed by atoms with van der Waals surface area (Å²) in [4.78, 5) is 17.2. The molecule has 6 nitrogen and oxygen atoms in total. The molecule has 6 heteroatoms. The molecule has 0 spiro atoms. The molecule has 0 aliphatic heterocycles. The van der Waals surface area contributed by atoms with Crippen LogP contribution in [0, 0.1) is 6.92 Å². The van der Waals surface area contributed by atoms with Crippen LogP contribution in [0.5, 0.6) is 5.75 Å². The lowest BCUT2D eigenvalue weighted by atomic mass is 10.2. The molecule has 30 heavy (non-hydrogen) atoms. The predicted molar refractivity (Wildman–Crippen MR) is 118 cm³/mol. The molecule has 1 aliphatic rings. The topological polar surface area (TPSA) is 60.6 Å². The van der Waals surface area contributed by atoms with E-state index in [1.807, 2.05) is 72.2 Å². The summed E-state index contributed by atoms with van der Waals surface area (Å²) in [5.74, 6) is 2.02. The molecule has 0 atom stereocenters. The summed E-state index contributed by atoms with van der Waals surface area (Å²) in [6, 6.07) is 15.9. The molecular formula is C24H24N4O2. The van der Waals surface area contributed by atoms with Gasteiger partial charge in [0, 0.05) is 13.2 Å². The number of anilines is 2. The number of rotatable bonds is 6. The zero-order valence-electron chi connectivity index (χ0n) is 17.1. The van der Waals surface area contributed by atoms with Crippen molar-refractivity contribution in [2.75, 3.05) is 5.32 Å². The highest BCUT2D eigenvalue weighted by molar-refractivity contribution is 5.60. The van der Waals surface area contributed by atoms with E-state index in [2.05, 4.69) is 10.3 Å². The molecule has 152 valence electrons. The minimum Gasteiger partial charge on any atom is -0.487 e. The van der Waals surface area contributed by atoms with Crippen molar-refractivity contribution in [2.24, 2.45) is 7.05 Å². The summed E-state index contributed by atoms with van der Waals surface area (Å²) in [7, 11) is 1.80. The Balaban J connectivity index is 1.41. The van der Waals surface area contributed by atoms with E-state index < -0.39 is 0 Å². The molecule has 1 aliphatic carbocycles. The number of benzene rings is 1. The van der Waals surface area contributed by atoms with E-state index in [-0.39, 0.29) is 5.56 Å². The number of aryl methyl sites for hydroxylation is 2. The van der Waals surface area contributed by atoms with E-state index >= 15 is 0 Å². The molecule has 3 aromatic heterocycles. The second-order valence-corrected chi connectivity index (χ2v) is 7.91. The van der Waals surface area contributed by atoms with Crippen LogP contribution >= 0.6 is 0 Å². The first-order valence-electron chi connectivity index (χ1n) is 10.2. The van der Waals surface area contributed by atoms with E-state index in [9.17, 15) is 4.79 Å². The van der Waals surface area contributed by atoms with Crippen molar-refractivity contribution in [3.8, 4) is 5.75 Å². The molecule has 0 unspecified atom stereocenters. The minimum absolute atomic E-state index is 0.0555. The third-order valence-corrected chi connectivity index (χ3v) is 5.59. The minimum atomic E-state index is -0.0555. The van der Waals surface area contributed by atoms with Crippen LogP contribution in [0.2, 0.25) is 0 Å². The van der Waals surface area contributed by atoms with Crippen LogP contribution in [-0.2, 0) is 13.7 Å². The predicted octanol–water partition coefficient (Wildman–Crippen LogP) is 4.54. The van der Waals surface area contributed by atoms with Gasteiger partial charge in [-0.25, -0.2) is 4.98 Å². The summed E-state index contributed by atoms with van der Waals surface area (Å²) >= 11 is 0. The maximum absolute atomic E-state index is 12.6. The van der Waals surface area contributed by atoms with Crippen LogP contribution in [0.25, 0.3) is 5.65 Å². The summed E-state index contributed by atoms with van der Waals surface area (Å²) in [5, 5.41) is 3.22. The molecule has 3 heterocycles. The molecule has 4 aromatic rings. The highest BCUT2D eigenvalue weighted by Crippen LogP contribution is 2.40. The van der Waals surface area contributed by atoms with Crippen molar-refractivity contribution < 1.29 is 4.74 Å². The lowest BCUT2D eigenvalue weighted by Gasteiger charge is -2.10. The number of hydrogen-bond donors (Lipinski definition) is 1. The quantitative estimate of drug-likeness (QED) is 0.516. The van der Waals surface area contributed by atoms with Crippen LogP contribution in [0.15, 0.2) is 65.7 Å². The van der Waals surface area contributed by atoms with Gasteiger partial charge in [-0.2, -0.15) is 0 Å². The molecule has 5 rings (SSSR count). The molecule has 1 aromatic carbocycles. The molecule has 0 radical (unpaired) electrons. The molecule has 0 saturated heterocycles. The Hall–Kier alpha value is -3.54. The SMILES string of the molecule is Cc1c(OCc2ccccc2)ccc2nc(Nc3cc(C4CC4)cn(C)c3=O)cn12. The monoisotopic (exact) mass is 400 g/mol. The molecule has 1 fully saturated rings.